The van der Waals surface area contributed by atoms with Gasteiger partial charge in [-0.15, -0.1) is 0 Å². The Bertz CT molecular complexity index is 761. The SMILES string of the molecule is O=C(CCCn1ccc2cc(Br)ccc21)c1ccccc1. The summed E-state index contributed by atoms with van der Waals surface area (Å²) in [6, 6.07) is 17.9. The number of hydrogen-bond donors (Lipinski definition) is 0. The van der Waals surface area contributed by atoms with E-state index in [9.17, 15) is 4.79 Å². The van der Waals surface area contributed by atoms with E-state index in [0.717, 1.165) is 23.0 Å². The highest BCUT2D eigenvalue weighted by molar-refractivity contribution is 9.10. The van der Waals surface area contributed by atoms with Gasteiger partial charge in [0, 0.05) is 40.1 Å². The van der Waals surface area contributed by atoms with Gasteiger partial charge in [0.1, 0.15) is 0 Å². The number of hydrogen-bond acceptors (Lipinski definition) is 1. The van der Waals surface area contributed by atoms with Gasteiger partial charge in [0.25, 0.3) is 0 Å². The summed E-state index contributed by atoms with van der Waals surface area (Å²) in [5.41, 5.74) is 2.02. The molecule has 0 aliphatic carbocycles. The third kappa shape index (κ3) is 3.24. The standard InChI is InChI=1S/C18H16BrNO/c19-16-8-9-17-15(13-16)10-12-20(17)11-4-7-18(21)14-5-2-1-3-6-14/h1-3,5-6,8-10,12-13H,4,7,11H2. The number of carbonyl (C=O) groups is 1. The number of fused-ring (bicyclic) bond motifs is 1. The fourth-order valence-corrected chi connectivity index (χ4v) is 2.92. The number of aromatic nitrogens is 1. The number of nitrogens with zero attached hydrogens (tertiary/aromatic N) is 1. The van der Waals surface area contributed by atoms with Gasteiger partial charge in [0.2, 0.25) is 0 Å². The smallest absolute Gasteiger partial charge is 0.162 e. The van der Waals surface area contributed by atoms with Gasteiger partial charge < -0.3 is 4.57 Å². The van der Waals surface area contributed by atoms with E-state index in [-0.39, 0.29) is 5.78 Å². The zero-order valence-corrected chi connectivity index (χ0v) is 13.2. The number of rotatable bonds is 5. The Morgan fingerprint density at radius 1 is 1.05 bits per heavy atom. The molecule has 0 N–H and O–H groups in total. The molecule has 0 saturated heterocycles. The van der Waals surface area contributed by atoms with Gasteiger partial charge in [-0.1, -0.05) is 46.3 Å². The molecule has 3 aromatic rings. The molecule has 0 spiro atoms. The second-order valence-electron chi connectivity index (χ2n) is 5.11. The summed E-state index contributed by atoms with van der Waals surface area (Å²) in [6.07, 6.45) is 3.53. The summed E-state index contributed by atoms with van der Waals surface area (Å²) in [6.45, 7) is 0.865. The fourth-order valence-electron chi connectivity index (χ4n) is 2.54. The predicted molar refractivity (Wildman–Crippen MR) is 89.6 cm³/mol. The highest BCUT2D eigenvalue weighted by Gasteiger charge is 2.06. The first-order valence-corrected chi connectivity index (χ1v) is 7.86. The zero-order chi connectivity index (χ0) is 14.7. The summed E-state index contributed by atoms with van der Waals surface area (Å²) in [5.74, 6) is 0.217. The first kappa shape index (κ1) is 14.1. The van der Waals surface area contributed by atoms with E-state index in [0.29, 0.717) is 6.42 Å². The zero-order valence-electron chi connectivity index (χ0n) is 11.6. The lowest BCUT2D eigenvalue weighted by atomic mass is 10.1. The Morgan fingerprint density at radius 3 is 2.67 bits per heavy atom. The number of ketones is 1. The molecule has 1 aromatic heterocycles. The number of carbonyl (C=O) groups excluding carboxylic acids is 1. The molecular formula is C18H16BrNO. The predicted octanol–water partition coefficient (Wildman–Crippen LogP) is 5.07. The van der Waals surface area contributed by atoms with Gasteiger partial charge in [-0.05, 0) is 30.7 Å². The van der Waals surface area contributed by atoms with Crippen molar-refractivity contribution >= 4 is 32.6 Å². The van der Waals surface area contributed by atoms with Crippen LogP contribution in [0, 0.1) is 0 Å². The summed E-state index contributed by atoms with van der Waals surface area (Å²) in [5, 5.41) is 1.22. The average Bonchev–Trinajstić information content (AvgIpc) is 2.90. The molecule has 1 heterocycles. The molecule has 106 valence electrons. The minimum atomic E-state index is 0.217. The Balaban J connectivity index is 1.63. The molecule has 0 unspecified atom stereocenters. The summed E-state index contributed by atoms with van der Waals surface area (Å²) < 4.78 is 3.30. The molecule has 0 aliphatic heterocycles. The molecule has 0 bridgehead atoms. The summed E-state index contributed by atoms with van der Waals surface area (Å²) in [7, 11) is 0. The monoisotopic (exact) mass is 341 g/mol. The van der Waals surface area contributed by atoms with Crippen LogP contribution in [0.1, 0.15) is 23.2 Å². The second kappa shape index (κ2) is 6.27. The van der Waals surface area contributed by atoms with Crippen LogP contribution >= 0.6 is 15.9 Å². The van der Waals surface area contributed by atoms with Crippen LogP contribution in [-0.2, 0) is 6.54 Å². The van der Waals surface area contributed by atoms with Gasteiger partial charge in [-0.3, -0.25) is 4.79 Å². The van der Waals surface area contributed by atoms with Gasteiger partial charge in [0.05, 0.1) is 0 Å². The molecule has 0 saturated carbocycles. The van der Waals surface area contributed by atoms with Gasteiger partial charge in [-0.25, -0.2) is 0 Å². The highest BCUT2D eigenvalue weighted by Crippen LogP contribution is 2.21. The van der Waals surface area contributed by atoms with Crippen molar-refractivity contribution in [2.45, 2.75) is 19.4 Å². The van der Waals surface area contributed by atoms with Crippen molar-refractivity contribution in [1.82, 2.24) is 4.57 Å². The first-order valence-electron chi connectivity index (χ1n) is 7.07. The third-order valence-electron chi connectivity index (χ3n) is 3.63. The normalized spacial score (nSPS) is 10.9. The van der Waals surface area contributed by atoms with Crippen molar-refractivity contribution in [3.05, 3.63) is 70.8 Å². The number of halogens is 1. The van der Waals surface area contributed by atoms with E-state index in [1.165, 1.54) is 10.9 Å². The number of aryl methyl sites for hydroxylation is 1. The largest absolute Gasteiger partial charge is 0.347 e. The molecular weight excluding hydrogens is 326 g/mol. The maximum absolute atomic E-state index is 12.1. The second-order valence-corrected chi connectivity index (χ2v) is 6.02. The van der Waals surface area contributed by atoms with Crippen molar-refractivity contribution in [3.8, 4) is 0 Å². The highest BCUT2D eigenvalue weighted by atomic mass is 79.9. The molecule has 21 heavy (non-hydrogen) atoms. The molecule has 3 heteroatoms. The molecule has 0 radical (unpaired) electrons. The van der Waals surface area contributed by atoms with Crippen molar-refractivity contribution in [2.75, 3.05) is 0 Å². The molecule has 0 atom stereocenters. The van der Waals surface area contributed by atoms with Crippen LogP contribution in [0.5, 0.6) is 0 Å². The van der Waals surface area contributed by atoms with Crippen LogP contribution in [0.4, 0.5) is 0 Å². The van der Waals surface area contributed by atoms with E-state index in [1.54, 1.807) is 0 Å². The fraction of sp³-hybridized carbons (Fsp3) is 0.167. The van der Waals surface area contributed by atoms with Crippen LogP contribution in [0.2, 0.25) is 0 Å². The minimum Gasteiger partial charge on any atom is -0.347 e. The molecule has 2 nitrogen and oxygen atoms in total. The lowest BCUT2D eigenvalue weighted by molar-refractivity contribution is 0.0978. The van der Waals surface area contributed by atoms with E-state index < -0.39 is 0 Å². The molecule has 2 aromatic carbocycles. The minimum absolute atomic E-state index is 0.217. The summed E-state index contributed by atoms with van der Waals surface area (Å²) >= 11 is 3.49. The number of Topliss-reactive ketones (excluding diaryl/α,β-unsaturated/α-hetero) is 1. The van der Waals surface area contributed by atoms with Crippen molar-refractivity contribution in [1.29, 1.82) is 0 Å². The van der Waals surface area contributed by atoms with Crippen LogP contribution in [0.15, 0.2) is 65.3 Å². The van der Waals surface area contributed by atoms with Crippen LogP contribution in [-0.4, -0.2) is 10.4 Å². The maximum Gasteiger partial charge on any atom is 0.162 e. The Labute approximate surface area is 132 Å². The third-order valence-corrected chi connectivity index (χ3v) is 4.12. The van der Waals surface area contributed by atoms with E-state index >= 15 is 0 Å². The molecule has 0 aliphatic rings. The van der Waals surface area contributed by atoms with E-state index in [1.807, 2.05) is 36.4 Å². The van der Waals surface area contributed by atoms with Crippen LogP contribution < -0.4 is 0 Å². The average molecular weight is 342 g/mol. The molecule has 0 amide bonds. The Hall–Kier alpha value is -1.87. The number of benzene rings is 2. The Kier molecular flexibility index (Phi) is 4.20. The van der Waals surface area contributed by atoms with Crippen LogP contribution in [0.25, 0.3) is 10.9 Å². The summed E-state index contributed by atoms with van der Waals surface area (Å²) in [4.78, 5) is 12.1. The van der Waals surface area contributed by atoms with Crippen molar-refractivity contribution < 1.29 is 4.79 Å². The van der Waals surface area contributed by atoms with Crippen molar-refractivity contribution in [2.24, 2.45) is 0 Å². The molecule has 3 rings (SSSR count). The topological polar surface area (TPSA) is 22.0 Å². The van der Waals surface area contributed by atoms with Crippen LogP contribution in [0.3, 0.4) is 0 Å². The van der Waals surface area contributed by atoms with E-state index in [4.69, 9.17) is 0 Å². The molecule has 0 fully saturated rings. The lowest BCUT2D eigenvalue weighted by Gasteiger charge is -2.05. The first-order chi connectivity index (χ1) is 10.2. The Morgan fingerprint density at radius 2 is 1.86 bits per heavy atom. The van der Waals surface area contributed by atoms with Gasteiger partial charge >= 0.3 is 0 Å². The maximum atomic E-state index is 12.1. The van der Waals surface area contributed by atoms with E-state index in [2.05, 4.69) is 44.9 Å². The quantitative estimate of drug-likeness (QED) is 0.594. The lowest BCUT2D eigenvalue weighted by Crippen LogP contribution is -2.02. The van der Waals surface area contributed by atoms with Gasteiger partial charge in [0.15, 0.2) is 5.78 Å². The van der Waals surface area contributed by atoms with Gasteiger partial charge in [-0.2, -0.15) is 0 Å². The van der Waals surface area contributed by atoms with Crippen molar-refractivity contribution in [3.63, 3.8) is 0 Å².